The van der Waals surface area contributed by atoms with E-state index >= 15 is 0 Å². The van der Waals surface area contributed by atoms with Crippen LogP contribution in [-0.4, -0.2) is 31.9 Å². The van der Waals surface area contributed by atoms with Crippen molar-refractivity contribution in [2.24, 2.45) is 0 Å². The maximum Gasteiger partial charge on any atom is 0.424 e. The molecule has 0 aliphatic rings. The van der Waals surface area contributed by atoms with Gasteiger partial charge in [0.2, 0.25) is 11.4 Å². The average molecular weight is 196 g/mol. The van der Waals surface area contributed by atoms with E-state index in [1.54, 1.807) is 0 Å². The van der Waals surface area contributed by atoms with Gasteiger partial charge in [0, 0.05) is 0 Å². The van der Waals surface area contributed by atoms with Gasteiger partial charge in [-0.25, -0.2) is 0 Å². The number of aromatic amines is 1. The van der Waals surface area contributed by atoms with Crippen LogP contribution in [0.3, 0.4) is 0 Å². The third-order valence-electron chi connectivity index (χ3n) is 1.70. The van der Waals surface area contributed by atoms with Gasteiger partial charge >= 0.3 is 6.18 Å². The first kappa shape index (κ1) is 9.90. The molecule has 5 nitrogen and oxygen atoms in total. The summed E-state index contributed by atoms with van der Waals surface area (Å²) in [5.41, 5.74) is -3.01. The number of nitrogens with one attached hydrogen (secondary N) is 1. The van der Waals surface area contributed by atoms with Gasteiger partial charge in [0.25, 0.3) is 0 Å². The van der Waals surface area contributed by atoms with Gasteiger partial charge in [-0.1, -0.05) is 12.1 Å². The van der Waals surface area contributed by atoms with E-state index in [9.17, 15) is 18.3 Å². The number of halogens is 3. The van der Waals surface area contributed by atoms with Crippen molar-refractivity contribution in [2.75, 3.05) is 0 Å². The highest BCUT2D eigenvalue weighted by Crippen LogP contribution is 2.39. The lowest BCUT2D eigenvalue weighted by molar-refractivity contribution is -0.270. The Labute approximate surface area is 71.0 Å². The number of alkyl halides is 3. The maximum absolute atomic E-state index is 12.3. The van der Waals surface area contributed by atoms with E-state index in [1.165, 1.54) is 6.92 Å². The molecule has 0 saturated heterocycles. The smallest absolute Gasteiger partial charge is 0.374 e. The summed E-state index contributed by atoms with van der Waals surface area (Å²) < 4.78 is 36.9. The minimum atomic E-state index is -4.80. The van der Waals surface area contributed by atoms with E-state index in [1.807, 2.05) is 5.21 Å². The first-order chi connectivity index (χ1) is 5.92. The Morgan fingerprint density at radius 2 is 2.08 bits per heavy atom. The van der Waals surface area contributed by atoms with Gasteiger partial charge in [0.1, 0.15) is 0 Å². The van der Waals surface area contributed by atoms with E-state index in [4.69, 9.17) is 0 Å². The standard InChI is InChI=1S/C5H7F3N4O/c1-2-4(13,5(6,7)8)3-9-11-12-10-3/h13H,2H2,1H3,(H,9,10,11,12). The summed E-state index contributed by atoms with van der Waals surface area (Å²) in [7, 11) is 0. The van der Waals surface area contributed by atoms with Crippen molar-refractivity contribution in [1.29, 1.82) is 0 Å². The van der Waals surface area contributed by atoms with Gasteiger partial charge in [-0.05, 0) is 6.42 Å². The monoisotopic (exact) mass is 196 g/mol. The van der Waals surface area contributed by atoms with E-state index in [0.29, 0.717) is 0 Å². The largest absolute Gasteiger partial charge is 0.424 e. The van der Waals surface area contributed by atoms with Crippen molar-refractivity contribution < 1.29 is 18.3 Å². The first-order valence-corrected chi connectivity index (χ1v) is 3.45. The molecule has 0 saturated carbocycles. The molecule has 0 aliphatic carbocycles. The van der Waals surface area contributed by atoms with Crippen LogP contribution in [0.1, 0.15) is 19.2 Å². The van der Waals surface area contributed by atoms with Crippen molar-refractivity contribution in [2.45, 2.75) is 25.1 Å². The van der Waals surface area contributed by atoms with Crippen LogP contribution in [0.15, 0.2) is 0 Å². The Bertz CT molecular complexity index is 272. The number of rotatable bonds is 2. The van der Waals surface area contributed by atoms with Gasteiger partial charge in [0.15, 0.2) is 0 Å². The van der Waals surface area contributed by atoms with Crippen molar-refractivity contribution in [3.63, 3.8) is 0 Å². The zero-order valence-corrected chi connectivity index (χ0v) is 6.63. The van der Waals surface area contributed by atoms with Crippen molar-refractivity contribution in [1.82, 2.24) is 20.6 Å². The second-order valence-corrected chi connectivity index (χ2v) is 2.45. The molecule has 0 radical (unpaired) electrons. The minimum Gasteiger partial charge on any atom is -0.374 e. The summed E-state index contributed by atoms with van der Waals surface area (Å²) >= 11 is 0. The molecule has 0 fully saturated rings. The predicted molar refractivity (Wildman–Crippen MR) is 34.4 cm³/mol. The molecule has 1 heterocycles. The molecule has 2 N–H and O–H groups in total. The lowest BCUT2D eigenvalue weighted by atomic mass is 10.00. The van der Waals surface area contributed by atoms with E-state index in [2.05, 4.69) is 15.4 Å². The topological polar surface area (TPSA) is 74.7 Å². The zero-order chi connectivity index (χ0) is 10.1. The predicted octanol–water partition coefficient (Wildman–Crippen LogP) is 0.360. The zero-order valence-electron chi connectivity index (χ0n) is 6.63. The van der Waals surface area contributed by atoms with Crippen LogP contribution in [0.25, 0.3) is 0 Å². The summed E-state index contributed by atoms with van der Waals surface area (Å²) in [6, 6.07) is 0. The molecule has 0 spiro atoms. The van der Waals surface area contributed by atoms with Gasteiger partial charge in [0.05, 0.1) is 0 Å². The van der Waals surface area contributed by atoms with Crippen molar-refractivity contribution in [3.05, 3.63) is 5.82 Å². The molecule has 13 heavy (non-hydrogen) atoms. The molecule has 0 amide bonds. The number of H-pyrrole nitrogens is 1. The van der Waals surface area contributed by atoms with Crippen molar-refractivity contribution in [3.8, 4) is 0 Å². The van der Waals surface area contributed by atoms with Gasteiger partial charge in [-0.15, -0.1) is 10.2 Å². The van der Waals surface area contributed by atoms with Crippen LogP contribution in [0.2, 0.25) is 0 Å². The maximum atomic E-state index is 12.3. The molecular weight excluding hydrogens is 189 g/mol. The summed E-state index contributed by atoms with van der Waals surface area (Å²) in [6.07, 6.45) is -5.36. The quantitative estimate of drug-likeness (QED) is 0.716. The molecule has 1 rings (SSSR count). The number of hydrogen-bond donors (Lipinski definition) is 2. The molecule has 1 aromatic heterocycles. The van der Waals surface area contributed by atoms with Crippen LogP contribution in [0.5, 0.6) is 0 Å². The molecule has 0 aromatic carbocycles. The second-order valence-electron chi connectivity index (χ2n) is 2.45. The Hall–Kier alpha value is -1.18. The van der Waals surface area contributed by atoms with Gasteiger partial charge in [-0.2, -0.15) is 18.4 Å². The van der Waals surface area contributed by atoms with Gasteiger partial charge in [-0.3, -0.25) is 0 Å². The summed E-state index contributed by atoms with van der Waals surface area (Å²) in [5, 5.41) is 20.2. The average Bonchev–Trinajstić information content (AvgIpc) is 2.52. The molecule has 74 valence electrons. The summed E-state index contributed by atoms with van der Waals surface area (Å²) in [4.78, 5) is 0. The highest BCUT2D eigenvalue weighted by atomic mass is 19.4. The molecule has 0 aliphatic heterocycles. The summed E-state index contributed by atoms with van der Waals surface area (Å²) in [6.45, 7) is 1.18. The fourth-order valence-corrected chi connectivity index (χ4v) is 0.822. The normalized spacial score (nSPS) is 17.0. The molecule has 1 atom stereocenters. The molecular formula is C5H7F3N4O. The first-order valence-electron chi connectivity index (χ1n) is 3.45. The van der Waals surface area contributed by atoms with E-state index in [-0.39, 0.29) is 0 Å². The SMILES string of the molecule is CCC(O)(c1nn[nH]n1)C(F)(F)F. The van der Waals surface area contributed by atoms with Gasteiger partial charge < -0.3 is 5.11 Å². The van der Waals surface area contributed by atoms with Crippen LogP contribution in [0, 0.1) is 0 Å². The Kier molecular flexibility index (Phi) is 2.24. The summed E-state index contributed by atoms with van der Waals surface area (Å²) in [5.74, 6) is -0.762. The highest BCUT2D eigenvalue weighted by Gasteiger charge is 2.56. The minimum absolute atomic E-state index is 0.559. The number of aliphatic hydroxyl groups is 1. The van der Waals surface area contributed by atoms with Crippen LogP contribution in [-0.2, 0) is 5.60 Å². The molecule has 1 aromatic rings. The molecule has 0 bridgehead atoms. The Balaban J connectivity index is 3.09. The lowest BCUT2D eigenvalue weighted by Gasteiger charge is -2.25. The van der Waals surface area contributed by atoms with Crippen LogP contribution >= 0.6 is 0 Å². The fraction of sp³-hybridized carbons (Fsp3) is 0.800. The van der Waals surface area contributed by atoms with Crippen LogP contribution in [0.4, 0.5) is 13.2 Å². The number of nitrogens with zero attached hydrogens (tertiary/aromatic N) is 3. The Morgan fingerprint density at radius 1 is 1.46 bits per heavy atom. The van der Waals surface area contributed by atoms with Crippen molar-refractivity contribution >= 4 is 0 Å². The third-order valence-corrected chi connectivity index (χ3v) is 1.70. The second kappa shape index (κ2) is 2.95. The highest BCUT2D eigenvalue weighted by molar-refractivity contribution is 5.01. The molecule has 8 heteroatoms. The lowest BCUT2D eigenvalue weighted by Crippen LogP contribution is -2.42. The number of tetrazole rings is 1. The van der Waals surface area contributed by atoms with E-state index < -0.39 is 24.0 Å². The fourth-order valence-electron chi connectivity index (χ4n) is 0.822. The Morgan fingerprint density at radius 3 is 2.38 bits per heavy atom. The third kappa shape index (κ3) is 1.48. The number of hydrogen-bond acceptors (Lipinski definition) is 4. The number of aromatic nitrogens is 4. The molecule has 1 unspecified atom stereocenters. The van der Waals surface area contributed by atoms with E-state index in [0.717, 1.165) is 0 Å². The van der Waals surface area contributed by atoms with Crippen LogP contribution < -0.4 is 0 Å².